The predicted molar refractivity (Wildman–Crippen MR) is 84.2 cm³/mol. The molecule has 0 amide bonds. The van der Waals surface area contributed by atoms with E-state index in [1.807, 2.05) is 33.8 Å². The molecule has 0 heterocycles. The predicted octanol–water partition coefficient (Wildman–Crippen LogP) is 3.98. The smallest absolute Gasteiger partial charge is 0.232 e. The van der Waals surface area contributed by atoms with Gasteiger partial charge in [0, 0.05) is 16.6 Å². The van der Waals surface area contributed by atoms with Gasteiger partial charge in [0.15, 0.2) is 0 Å². The van der Waals surface area contributed by atoms with Gasteiger partial charge in [-0.15, -0.1) is 0 Å². The largest absolute Gasteiger partial charge is 0.493 e. The molecule has 0 aliphatic rings. The lowest BCUT2D eigenvalue weighted by atomic mass is 10.0. The highest BCUT2D eigenvalue weighted by Gasteiger charge is 2.18. The van der Waals surface area contributed by atoms with Gasteiger partial charge in [-0.3, -0.25) is 0 Å². The van der Waals surface area contributed by atoms with Crippen molar-refractivity contribution < 1.29 is 13.2 Å². The summed E-state index contributed by atoms with van der Waals surface area (Å²) in [6, 6.07) is 4.08. The molecule has 1 aromatic rings. The third kappa shape index (κ3) is 5.33. The molecule has 0 spiro atoms. The SMILES string of the molecule is CCCC(COc1c(C)ccc(C)c1C)CS(=O)(=O)Cl. The van der Waals surface area contributed by atoms with Crippen LogP contribution in [0.5, 0.6) is 5.75 Å². The maximum Gasteiger partial charge on any atom is 0.232 e. The summed E-state index contributed by atoms with van der Waals surface area (Å²) in [5.74, 6) is 0.756. The minimum Gasteiger partial charge on any atom is -0.493 e. The fourth-order valence-electron chi connectivity index (χ4n) is 2.25. The minimum absolute atomic E-state index is 0.0354. The van der Waals surface area contributed by atoms with Crippen LogP contribution in [0, 0.1) is 26.7 Å². The molecule has 0 saturated carbocycles. The highest BCUT2D eigenvalue weighted by Crippen LogP contribution is 2.26. The molecule has 20 heavy (non-hydrogen) atoms. The van der Waals surface area contributed by atoms with Crippen LogP contribution in [0.1, 0.15) is 36.5 Å². The first-order valence-electron chi connectivity index (χ1n) is 6.86. The van der Waals surface area contributed by atoms with Crippen LogP contribution in [-0.4, -0.2) is 20.8 Å². The average Bonchev–Trinajstić information content (AvgIpc) is 2.32. The Morgan fingerprint density at radius 3 is 2.35 bits per heavy atom. The van der Waals surface area contributed by atoms with Gasteiger partial charge < -0.3 is 4.74 Å². The Labute approximate surface area is 126 Å². The van der Waals surface area contributed by atoms with Gasteiger partial charge in [0.1, 0.15) is 5.75 Å². The lowest BCUT2D eigenvalue weighted by molar-refractivity contribution is 0.250. The van der Waals surface area contributed by atoms with E-state index in [1.165, 1.54) is 5.56 Å². The Bertz CT molecular complexity index is 552. The van der Waals surface area contributed by atoms with Gasteiger partial charge in [-0.1, -0.05) is 25.5 Å². The summed E-state index contributed by atoms with van der Waals surface area (Å²) < 4.78 is 28.3. The molecule has 0 N–H and O–H groups in total. The molecule has 1 atom stereocenters. The van der Waals surface area contributed by atoms with Crippen molar-refractivity contribution in [2.45, 2.75) is 40.5 Å². The van der Waals surface area contributed by atoms with Crippen LogP contribution in [0.3, 0.4) is 0 Å². The summed E-state index contributed by atoms with van der Waals surface area (Å²) in [7, 11) is 1.86. The maximum atomic E-state index is 11.2. The fraction of sp³-hybridized carbons (Fsp3) is 0.600. The number of hydrogen-bond donors (Lipinski definition) is 0. The zero-order chi connectivity index (χ0) is 15.3. The van der Waals surface area contributed by atoms with Gasteiger partial charge in [0.2, 0.25) is 9.05 Å². The zero-order valence-corrected chi connectivity index (χ0v) is 14.1. The van der Waals surface area contributed by atoms with Gasteiger partial charge >= 0.3 is 0 Å². The first kappa shape index (κ1) is 17.3. The second kappa shape index (κ2) is 7.32. The summed E-state index contributed by atoms with van der Waals surface area (Å²) >= 11 is 0. The molecule has 0 fully saturated rings. The zero-order valence-electron chi connectivity index (χ0n) is 12.6. The van der Waals surface area contributed by atoms with Crippen LogP contribution in [0.25, 0.3) is 0 Å². The summed E-state index contributed by atoms with van der Waals surface area (Å²) in [4.78, 5) is 0. The second-order valence-electron chi connectivity index (χ2n) is 5.32. The number of halogens is 1. The van der Waals surface area contributed by atoms with Gasteiger partial charge in [0.05, 0.1) is 12.4 Å². The van der Waals surface area contributed by atoms with Crippen molar-refractivity contribution in [3.63, 3.8) is 0 Å². The Morgan fingerprint density at radius 2 is 1.80 bits per heavy atom. The second-order valence-corrected chi connectivity index (χ2v) is 8.15. The molecule has 0 aliphatic carbocycles. The Kier molecular flexibility index (Phi) is 6.34. The monoisotopic (exact) mass is 318 g/mol. The lowest BCUT2D eigenvalue weighted by Gasteiger charge is -2.19. The Balaban J connectivity index is 2.80. The van der Waals surface area contributed by atoms with E-state index in [4.69, 9.17) is 15.4 Å². The minimum atomic E-state index is -3.49. The first-order chi connectivity index (χ1) is 9.24. The van der Waals surface area contributed by atoms with E-state index in [0.717, 1.165) is 29.7 Å². The van der Waals surface area contributed by atoms with Crippen LogP contribution in [0.4, 0.5) is 0 Å². The van der Waals surface area contributed by atoms with E-state index in [-0.39, 0.29) is 11.7 Å². The highest BCUT2D eigenvalue weighted by molar-refractivity contribution is 8.13. The van der Waals surface area contributed by atoms with Crippen molar-refractivity contribution in [1.82, 2.24) is 0 Å². The van der Waals surface area contributed by atoms with E-state index < -0.39 is 9.05 Å². The van der Waals surface area contributed by atoms with Gasteiger partial charge in [-0.2, -0.15) is 0 Å². The maximum absolute atomic E-state index is 11.2. The molecular weight excluding hydrogens is 296 g/mol. The third-order valence-corrected chi connectivity index (χ3v) is 4.72. The Morgan fingerprint density at radius 1 is 1.20 bits per heavy atom. The van der Waals surface area contributed by atoms with Crippen molar-refractivity contribution in [2.75, 3.05) is 12.4 Å². The van der Waals surface area contributed by atoms with Crippen molar-refractivity contribution in [1.29, 1.82) is 0 Å². The van der Waals surface area contributed by atoms with Gasteiger partial charge in [0.25, 0.3) is 0 Å². The number of benzene rings is 1. The van der Waals surface area contributed by atoms with Crippen LogP contribution < -0.4 is 4.74 Å². The summed E-state index contributed by atoms with van der Waals surface area (Å²) in [5.41, 5.74) is 3.34. The quantitative estimate of drug-likeness (QED) is 0.714. The lowest BCUT2D eigenvalue weighted by Crippen LogP contribution is -2.20. The van der Waals surface area contributed by atoms with E-state index in [9.17, 15) is 8.42 Å². The summed E-state index contributed by atoms with van der Waals surface area (Å²) in [5, 5.41) is 0. The molecular formula is C15H23ClO3S. The summed E-state index contributed by atoms with van der Waals surface area (Å²) in [6.45, 7) is 8.45. The van der Waals surface area contributed by atoms with Gasteiger partial charge in [-0.25, -0.2) is 8.42 Å². The topological polar surface area (TPSA) is 43.4 Å². The Hall–Kier alpha value is -0.740. The molecule has 0 aliphatic heterocycles. The van der Waals surface area contributed by atoms with E-state index >= 15 is 0 Å². The van der Waals surface area contributed by atoms with Crippen LogP contribution in [-0.2, 0) is 9.05 Å². The molecule has 3 nitrogen and oxygen atoms in total. The van der Waals surface area contributed by atoms with Crippen LogP contribution in [0.15, 0.2) is 12.1 Å². The summed E-state index contributed by atoms with van der Waals surface area (Å²) in [6.07, 6.45) is 1.70. The molecule has 0 aromatic heterocycles. The standard InChI is InChI=1S/C15H23ClO3S/c1-5-6-14(10-20(16,17)18)9-19-15-12(3)8-7-11(2)13(15)4/h7-8,14H,5-6,9-10H2,1-4H3. The van der Waals surface area contributed by atoms with Gasteiger partial charge in [-0.05, 0) is 43.9 Å². The molecule has 0 saturated heterocycles. The average molecular weight is 319 g/mol. The molecule has 1 unspecified atom stereocenters. The van der Waals surface area contributed by atoms with Crippen LogP contribution >= 0.6 is 10.7 Å². The normalized spacial score (nSPS) is 13.2. The van der Waals surface area contributed by atoms with E-state index in [1.54, 1.807) is 0 Å². The molecule has 0 bridgehead atoms. The number of rotatable bonds is 7. The number of aryl methyl sites for hydroxylation is 2. The van der Waals surface area contributed by atoms with Crippen LogP contribution in [0.2, 0.25) is 0 Å². The number of ether oxygens (including phenoxy) is 1. The molecule has 0 radical (unpaired) electrons. The number of hydrogen-bond acceptors (Lipinski definition) is 3. The molecule has 114 valence electrons. The fourth-order valence-corrected chi connectivity index (χ4v) is 3.61. The van der Waals surface area contributed by atoms with Crippen molar-refractivity contribution in [2.24, 2.45) is 5.92 Å². The molecule has 1 rings (SSSR count). The van der Waals surface area contributed by atoms with Crippen molar-refractivity contribution in [3.05, 3.63) is 28.8 Å². The van der Waals surface area contributed by atoms with Crippen molar-refractivity contribution in [3.8, 4) is 5.75 Å². The molecule has 5 heteroatoms. The first-order valence-corrected chi connectivity index (χ1v) is 9.34. The van der Waals surface area contributed by atoms with E-state index in [0.29, 0.717) is 6.61 Å². The van der Waals surface area contributed by atoms with Crippen molar-refractivity contribution >= 4 is 19.7 Å². The third-order valence-electron chi connectivity index (χ3n) is 3.47. The molecule has 1 aromatic carbocycles. The van der Waals surface area contributed by atoms with E-state index in [2.05, 4.69) is 6.07 Å². The highest BCUT2D eigenvalue weighted by atomic mass is 35.7.